The Morgan fingerprint density at radius 1 is 1.43 bits per heavy atom. The molecule has 0 saturated heterocycles. The summed E-state index contributed by atoms with van der Waals surface area (Å²) in [4.78, 5) is 5.89. The van der Waals surface area contributed by atoms with Crippen LogP contribution in [0.3, 0.4) is 0 Å². The van der Waals surface area contributed by atoms with E-state index in [0.717, 1.165) is 18.3 Å². The number of hydrogen-bond donors (Lipinski definition) is 1. The van der Waals surface area contributed by atoms with Gasteiger partial charge < -0.3 is 9.88 Å². The lowest BCUT2D eigenvalue weighted by atomic mass is 9.83. The maximum Gasteiger partial charge on any atom is 0.150 e. The molecule has 4 heteroatoms. The molecule has 3 unspecified atom stereocenters. The van der Waals surface area contributed by atoms with Crippen LogP contribution in [0.15, 0.2) is 29.9 Å². The molecule has 0 aliphatic heterocycles. The van der Waals surface area contributed by atoms with Gasteiger partial charge in [-0.3, -0.25) is 0 Å². The van der Waals surface area contributed by atoms with Gasteiger partial charge in [0.1, 0.15) is 5.82 Å². The molecule has 1 aliphatic rings. The predicted molar refractivity (Wildman–Crippen MR) is 89.7 cm³/mol. The van der Waals surface area contributed by atoms with Gasteiger partial charge in [-0.25, -0.2) is 4.98 Å². The van der Waals surface area contributed by atoms with E-state index < -0.39 is 0 Å². The van der Waals surface area contributed by atoms with Crippen LogP contribution in [0.5, 0.6) is 0 Å². The van der Waals surface area contributed by atoms with E-state index in [-0.39, 0.29) is 0 Å². The average Bonchev–Trinajstić information content (AvgIpc) is 3.16. The summed E-state index contributed by atoms with van der Waals surface area (Å²) in [5.74, 6) is 1.93. The van der Waals surface area contributed by atoms with E-state index in [9.17, 15) is 0 Å². The van der Waals surface area contributed by atoms with Crippen molar-refractivity contribution in [1.82, 2.24) is 14.9 Å². The number of aromatic nitrogens is 2. The molecule has 3 atom stereocenters. The summed E-state index contributed by atoms with van der Waals surface area (Å²) < 4.78 is 2.41. The first-order valence-corrected chi connectivity index (χ1v) is 8.97. The predicted octanol–water partition coefficient (Wildman–Crippen LogP) is 4.34. The Hall–Kier alpha value is -1.13. The van der Waals surface area contributed by atoms with Crippen molar-refractivity contribution in [3.05, 3.63) is 29.9 Å². The molecule has 3 rings (SSSR count). The number of nitrogens with zero attached hydrogens (tertiary/aromatic N) is 2. The number of rotatable bonds is 5. The third kappa shape index (κ3) is 3.22. The topological polar surface area (TPSA) is 29.9 Å². The van der Waals surface area contributed by atoms with Gasteiger partial charge in [-0.15, -0.1) is 11.3 Å². The summed E-state index contributed by atoms with van der Waals surface area (Å²) in [5, 5.41) is 5.89. The SMILES string of the molecule is CCCNC1CCC(C)CC1n1ccnc1-c1cccs1. The highest BCUT2D eigenvalue weighted by molar-refractivity contribution is 7.13. The quantitative estimate of drug-likeness (QED) is 0.890. The molecule has 2 aromatic rings. The van der Waals surface area contributed by atoms with Gasteiger partial charge in [0.25, 0.3) is 0 Å². The smallest absolute Gasteiger partial charge is 0.150 e. The van der Waals surface area contributed by atoms with Crippen LogP contribution in [-0.4, -0.2) is 22.1 Å². The van der Waals surface area contributed by atoms with Gasteiger partial charge in [0.2, 0.25) is 0 Å². The summed E-state index contributed by atoms with van der Waals surface area (Å²) in [7, 11) is 0. The van der Waals surface area contributed by atoms with E-state index >= 15 is 0 Å². The van der Waals surface area contributed by atoms with Crippen LogP contribution >= 0.6 is 11.3 Å². The molecule has 2 aromatic heterocycles. The Bertz CT molecular complexity index is 544. The summed E-state index contributed by atoms with van der Waals surface area (Å²) in [6, 6.07) is 5.38. The zero-order valence-corrected chi connectivity index (χ0v) is 13.8. The summed E-state index contributed by atoms with van der Waals surface area (Å²) >= 11 is 1.77. The lowest BCUT2D eigenvalue weighted by Crippen LogP contribution is -2.41. The van der Waals surface area contributed by atoms with Crippen LogP contribution in [0.1, 0.15) is 45.6 Å². The second-order valence-electron chi connectivity index (χ2n) is 6.18. The fourth-order valence-electron chi connectivity index (χ4n) is 3.40. The third-order valence-corrected chi connectivity index (χ3v) is 5.37. The van der Waals surface area contributed by atoms with Crippen molar-refractivity contribution in [2.75, 3.05) is 6.54 Å². The third-order valence-electron chi connectivity index (χ3n) is 4.50. The minimum Gasteiger partial charge on any atom is -0.326 e. The van der Waals surface area contributed by atoms with Crippen molar-refractivity contribution < 1.29 is 0 Å². The minimum absolute atomic E-state index is 0.528. The molecule has 1 N–H and O–H groups in total. The van der Waals surface area contributed by atoms with Gasteiger partial charge in [0.15, 0.2) is 0 Å². The van der Waals surface area contributed by atoms with Crippen molar-refractivity contribution in [3.63, 3.8) is 0 Å². The highest BCUT2D eigenvalue weighted by Gasteiger charge is 2.30. The molecule has 0 aromatic carbocycles. The number of nitrogens with one attached hydrogen (secondary N) is 1. The molecular formula is C17H25N3S. The van der Waals surface area contributed by atoms with E-state index in [1.807, 2.05) is 6.20 Å². The maximum atomic E-state index is 4.62. The van der Waals surface area contributed by atoms with E-state index in [0.29, 0.717) is 12.1 Å². The zero-order valence-electron chi connectivity index (χ0n) is 13.0. The second-order valence-corrected chi connectivity index (χ2v) is 7.13. The average molecular weight is 303 g/mol. The van der Waals surface area contributed by atoms with Crippen LogP contribution < -0.4 is 5.32 Å². The Balaban J connectivity index is 1.87. The second kappa shape index (κ2) is 6.75. The highest BCUT2D eigenvalue weighted by Crippen LogP contribution is 2.36. The van der Waals surface area contributed by atoms with E-state index in [4.69, 9.17) is 0 Å². The lowest BCUT2D eigenvalue weighted by molar-refractivity contribution is 0.217. The van der Waals surface area contributed by atoms with Crippen LogP contribution in [0, 0.1) is 5.92 Å². The summed E-state index contributed by atoms with van der Waals surface area (Å²) in [6.45, 7) is 5.73. The van der Waals surface area contributed by atoms with Crippen LogP contribution in [0.4, 0.5) is 0 Å². The van der Waals surface area contributed by atoms with Gasteiger partial charge >= 0.3 is 0 Å². The number of imidazole rings is 1. The van der Waals surface area contributed by atoms with Gasteiger partial charge in [-0.05, 0) is 49.6 Å². The Kier molecular flexibility index (Phi) is 4.76. The Labute approximate surface area is 131 Å². The fourth-order valence-corrected chi connectivity index (χ4v) is 4.13. The standard InChI is InChI=1S/C17H25N3S/c1-3-8-18-14-7-6-13(2)12-15(14)20-10-9-19-17(20)16-5-4-11-21-16/h4-5,9-11,13-15,18H,3,6-8,12H2,1-2H3. The molecule has 1 saturated carbocycles. The van der Waals surface area contributed by atoms with Gasteiger partial charge in [-0.1, -0.05) is 19.9 Å². The van der Waals surface area contributed by atoms with Crippen LogP contribution in [-0.2, 0) is 0 Å². The molecule has 3 nitrogen and oxygen atoms in total. The number of hydrogen-bond acceptors (Lipinski definition) is 3. The molecule has 21 heavy (non-hydrogen) atoms. The fraction of sp³-hybridized carbons (Fsp3) is 0.588. The molecule has 0 bridgehead atoms. The van der Waals surface area contributed by atoms with Crippen molar-refractivity contribution in [1.29, 1.82) is 0 Å². The molecule has 0 amide bonds. The number of thiophene rings is 1. The Morgan fingerprint density at radius 2 is 2.33 bits per heavy atom. The van der Waals surface area contributed by atoms with E-state index in [2.05, 4.69) is 52.4 Å². The largest absolute Gasteiger partial charge is 0.326 e. The van der Waals surface area contributed by atoms with Gasteiger partial charge in [-0.2, -0.15) is 0 Å². The molecule has 1 aliphatic carbocycles. The monoisotopic (exact) mass is 303 g/mol. The van der Waals surface area contributed by atoms with Crippen LogP contribution in [0.2, 0.25) is 0 Å². The van der Waals surface area contributed by atoms with Crippen molar-refractivity contribution in [2.45, 2.75) is 51.6 Å². The summed E-state index contributed by atoms with van der Waals surface area (Å²) in [6.07, 6.45) is 9.16. The first-order chi connectivity index (χ1) is 10.3. The molecule has 114 valence electrons. The minimum atomic E-state index is 0.528. The van der Waals surface area contributed by atoms with Gasteiger partial charge in [0, 0.05) is 18.4 Å². The molecule has 0 spiro atoms. The normalized spacial score (nSPS) is 26.1. The van der Waals surface area contributed by atoms with Crippen molar-refractivity contribution in [2.24, 2.45) is 5.92 Å². The molecule has 2 heterocycles. The first kappa shape index (κ1) is 14.8. The molecule has 1 fully saturated rings. The Morgan fingerprint density at radius 3 is 3.10 bits per heavy atom. The van der Waals surface area contributed by atoms with Crippen molar-refractivity contribution >= 4 is 11.3 Å². The van der Waals surface area contributed by atoms with Crippen molar-refractivity contribution in [3.8, 4) is 10.7 Å². The first-order valence-electron chi connectivity index (χ1n) is 8.09. The van der Waals surface area contributed by atoms with Crippen LogP contribution in [0.25, 0.3) is 10.7 Å². The lowest BCUT2D eigenvalue weighted by Gasteiger charge is -2.37. The summed E-state index contributed by atoms with van der Waals surface area (Å²) in [5.41, 5.74) is 0. The van der Waals surface area contributed by atoms with E-state index in [1.54, 1.807) is 11.3 Å². The maximum absolute atomic E-state index is 4.62. The molecular weight excluding hydrogens is 278 g/mol. The van der Waals surface area contributed by atoms with Gasteiger partial charge in [0.05, 0.1) is 10.9 Å². The van der Waals surface area contributed by atoms with E-state index in [1.165, 1.54) is 30.6 Å². The zero-order chi connectivity index (χ0) is 14.7. The highest BCUT2D eigenvalue weighted by atomic mass is 32.1. The molecule has 0 radical (unpaired) electrons.